The second-order valence-electron chi connectivity index (χ2n) is 8.41. The minimum atomic E-state index is -3.60. The topological polar surface area (TPSA) is 66.5 Å². The molecule has 1 unspecified atom stereocenters. The predicted octanol–water partition coefficient (Wildman–Crippen LogP) is 4.61. The average Bonchev–Trinajstić information content (AvgIpc) is 2.73. The summed E-state index contributed by atoms with van der Waals surface area (Å²) in [6.45, 7) is 9.10. The molecule has 0 aromatic heterocycles. The lowest BCUT2D eigenvalue weighted by atomic mass is 10.0. The zero-order valence-corrected chi connectivity index (χ0v) is 19.1. The Morgan fingerprint density at radius 2 is 1.73 bits per heavy atom. The van der Waals surface area contributed by atoms with Crippen molar-refractivity contribution in [3.63, 3.8) is 0 Å². The number of carbonyl (C=O) groups is 1. The zero-order valence-electron chi connectivity index (χ0n) is 18.3. The molecule has 162 valence electrons. The van der Waals surface area contributed by atoms with E-state index >= 15 is 0 Å². The maximum atomic E-state index is 13.1. The van der Waals surface area contributed by atoms with Crippen LogP contribution in [-0.2, 0) is 10.0 Å². The van der Waals surface area contributed by atoms with E-state index in [-0.39, 0.29) is 16.8 Å². The Bertz CT molecular complexity index is 992. The largest absolute Gasteiger partial charge is 0.345 e. The lowest BCUT2D eigenvalue weighted by Crippen LogP contribution is -2.38. The fourth-order valence-corrected chi connectivity index (χ4v) is 5.33. The van der Waals surface area contributed by atoms with Crippen LogP contribution in [0.5, 0.6) is 0 Å². The van der Waals surface area contributed by atoms with Crippen LogP contribution in [-0.4, -0.2) is 31.7 Å². The van der Waals surface area contributed by atoms with E-state index in [4.69, 9.17) is 0 Å². The van der Waals surface area contributed by atoms with Crippen molar-refractivity contribution in [1.82, 2.24) is 9.62 Å². The lowest BCUT2D eigenvalue weighted by Gasteiger charge is -2.29. The molecule has 1 saturated heterocycles. The van der Waals surface area contributed by atoms with Gasteiger partial charge in [-0.1, -0.05) is 49.7 Å². The number of nitrogens with zero attached hydrogens (tertiary/aromatic N) is 1. The van der Waals surface area contributed by atoms with Crippen LogP contribution < -0.4 is 5.32 Å². The number of hydrogen-bond acceptors (Lipinski definition) is 3. The van der Waals surface area contributed by atoms with E-state index < -0.39 is 10.0 Å². The first kappa shape index (κ1) is 22.5. The van der Waals surface area contributed by atoms with Gasteiger partial charge in [-0.05, 0) is 62.3 Å². The summed E-state index contributed by atoms with van der Waals surface area (Å²) in [4.78, 5) is 13.2. The van der Waals surface area contributed by atoms with Gasteiger partial charge in [0.15, 0.2) is 0 Å². The normalized spacial score (nSPS) is 16.9. The fourth-order valence-electron chi connectivity index (χ4n) is 3.84. The summed E-state index contributed by atoms with van der Waals surface area (Å²) in [6, 6.07) is 12.8. The molecular weight excluding hydrogens is 396 g/mol. The minimum Gasteiger partial charge on any atom is -0.345 e. The van der Waals surface area contributed by atoms with Crippen LogP contribution >= 0.6 is 0 Å². The Balaban J connectivity index is 1.83. The number of aryl methyl sites for hydroxylation is 2. The second kappa shape index (κ2) is 9.31. The standard InChI is InChI=1S/C24H32N2O3S/c1-5-23(20-9-6-17(2)7-10-20)25-24(27)22-16-21(11-8-19(22)4)30(28,29)26-14-12-18(3)13-15-26/h6-11,16,18,23H,5,12-15H2,1-4H3,(H,25,27). The summed E-state index contributed by atoms with van der Waals surface area (Å²) in [5.41, 5.74) is 3.38. The molecule has 0 spiro atoms. The average molecular weight is 429 g/mol. The van der Waals surface area contributed by atoms with Crippen molar-refractivity contribution in [2.75, 3.05) is 13.1 Å². The molecule has 1 fully saturated rings. The Hall–Kier alpha value is -2.18. The highest BCUT2D eigenvalue weighted by molar-refractivity contribution is 7.89. The van der Waals surface area contributed by atoms with Crippen LogP contribution in [0.1, 0.15) is 66.2 Å². The highest BCUT2D eigenvalue weighted by Crippen LogP contribution is 2.25. The molecule has 2 aromatic rings. The molecule has 5 nitrogen and oxygen atoms in total. The molecule has 6 heteroatoms. The van der Waals surface area contributed by atoms with E-state index in [1.54, 1.807) is 16.4 Å². The highest BCUT2D eigenvalue weighted by Gasteiger charge is 2.29. The minimum absolute atomic E-state index is 0.124. The summed E-state index contributed by atoms with van der Waals surface area (Å²) in [5.74, 6) is 0.299. The molecule has 1 N–H and O–H groups in total. The van der Waals surface area contributed by atoms with Gasteiger partial charge < -0.3 is 5.32 Å². The van der Waals surface area contributed by atoms with Gasteiger partial charge in [0, 0.05) is 18.7 Å². The Morgan fingerprint density at radius 1 is 1.10 bits per heavy atom. The van der Waals surface area contributed by atoms with Crippen LogP contribution in [0, 0.1) is 19.8 Å². The van der Waals surface area contributed by atoms with Crippen molar-refractivity contribution >= 4 is 15.9 Å². The molecule has 0 aliphatic carbocycles. The van der Waals surface area contributed by atoms with E-state index in [0.29, 0.717) is 24.6 Å². The van der Waals surface area contributed by atoms with Crippen molar-refractivity contribution in [2.24, 2.45) is 5.92 Å². The smallest absolute Gasteiger partial charge is 0.252 e. The van der Waals surface area contributed by atoms with Crippen LogP contribution in [0.15, 0.2) is 47.4 Å². The third kappa shape index (κ3) is 4.93. The number of piperidine rings is 1. The van der Waals surface area contributed by atoms with Gasteiger partial charge in [-0.15, -0.1) is 0 Å². The molecule has 1 heterocycles. The van der Waals surface area contributed by atoms with Crippen LogP contribution in [0.2, 0.25) is 0 Å². The molecule has 0 bridgehead atoms. The molecule has 0 radical (unpaired) electrons. The first-order valence-electron chi connectivity index (χ1n) is 10.7. The van der Waals surface area contributed by atoms with E-state index in [9.17, 15) is 13.2 Å². The van der Waals surface area contributed by atoms with Crippen molar-refractivity contribution in [3.05, 3.63) is 64.7 Å². The molecule has 0 saturated carbocycles. The summed E-state index contributed by atoms with van der Waals surface area (Å²) in [7, 11) is -3.60. The maximum Gasteiger partial charge on any atom is 0.252 e. The first-order valence-corrected chi connectivity index (χ1v) is 12.1. The maximum absolute atomic E-state index is 13.1. The summed E-state index contributed by atoms with van der Waals surface area (Å²) in [6.07, 6.45) is 2.48. The number of carbonyl (C=O) groups excluding carboxylic acids is 1. The number of rotatable bonds is 6. The summed E-state index contributed by atoms with van der Waals surface area (Å²) >= 11 is 0. The Labute approximate surface area is 180 Å². The van der Waals surface area contributed by atoms with Crippen LogP contribution in [0.4, 0.5) is 0 Å². The zero-order chi connectivity index (χ0) is 21.9. The second-order valence-corrected chi connectivity index (χ2v) is 10.3. The number of benzene rings is 2. The SMILES string of the molecule is CCC(NC(=O)c1cc(S(=O)(=O)N2CCC(C)CC2)ccc1C)c1ccc(C)cc1. The predicted molar refractivity (Wildman–Crippen MR) is 120 cm³/mol. The number of nitrogens with one attached hydrogen (secondary N) is 1. The van der Waals surface area contributed by atoms with Gasteiger partial charge in [-0.25, -0.2) is 8.42 Å². The third-order valence-electron chi connectivity index (χ3n) is 6.03. The number of sulfonamides is 1. The molecule has 1 atom stereocenters. The molecule has 30 heavy (non-hydrogen) atoms. The van der Waals surface area contributed by atoms with Crippen molar-refractivity contribution in [2.45, 2.75) is 57.9 Å². The first-order chi connectivity index (χ1) is 14.2. The summed E-state index contributed by atoms with van der Waals surface area (Å²) < 4.78 is 27.8. The van der Waals surface area contributed by atoms with Gasteiger partial charge in [0.2, 0.25) is 10.0 Å². The van der Waals surface area contributed by atoms with Crippen LogP contribution in [0.3, 0.4) is 0 Å². The van der Waals surface area contributed by atoms with Crippen LogP contribution in [0.25, 0.3) is 0 Å². The molecule has 3 rings (SSSR count). The molecule has 2 aromatic carbocycles. The Kier molecular flexibility index (Phi) is 6.98. The number of hydrogen-bond donors (Lipinski definition) is 1. The van der Waals surface area contributed by atoms with E-state index in [1.807, 2.05) is 45.0 Å². The monoisotopic (exact) mass is 428 g/mol. The molecular formula is C24H32N2O3S. The molecule has 1 amide bonds. The van der Waals surface area contributed by atoms with Crippen molar-refractivity contribution in [3.8, 4) is 0 Å². The van der Waals surface area contributed by atoms with Gasteiger partial charge >= 0.3 is 0 Å². The van der Waals surface area contributed by atoms with Gasteiger partial charge in [0.25, 0.3) is 5.91 Å². The fraction of sp³-hybridized carbons (Fsp3) is 0.458. The van der Waals surface area contributed by atoms with E-state index in [1.165, 1.54) is 11.6 Å². The van der Waals surface area contributed by atoms with Crippen molar-refractivity contribution < 1.29 is 13.2 Å². The highest BCUT2D eigenvalue weighted by atomic mass is 32.2. The summed E-state index contributed by atoms with van der Waals surface area (Å²) in [5, 5.41) is 3.08. The quantitative estimate of drug-likeness (QED) is 0.731. The van der Waals surface area contributed by atoms with E-state index in [0.717, 1.165) is 30.4 Å². The van der Waals surface area contributed by atoms with Gasteiger partial charge in [0.1, 0.15) is 0 Å². The lowest BCUT2D eigenvalue weighted by molar-refractivity contribution is 0.0934. The van der Waals surface area contributed by atoms with Gasteiger partial charge in [0.05, 0.1) is 10.9 Å². The Morgan fingerprint density at radius 3 is 2.33 bits per heavy atom. The molecule has 1 aliphatic rings. The molecule has 1 aliphatic heterocycles. The third-order valence-corrected chi connectivity index (χ3v) is 7.92. The van der Waals surface area contributed by atoms with Crippen molar-refractivity contribution in [1.29, 1.82) is 0 Å². The van der Waals surface area contributed by atoms with E-state index in [2.05, 4.69) is 12.2 Å². The van der Waals surface area contributed by atoms with Gasteiger partial charge in [-0.2, -0.15) is 4.31 Å². The number of amides is 1. The van der Waals surface area contributed by atoms with Gasteiger partial charge in [-0.3, -0.25) is 4.79 Å².